The lowest BCUT2D eigenvalue weighted by Gasteiger charge is -2.05. The maximum Gasteiger partial charge on any atom is 0.335 e. The number of aliphatic imine (C=N–C) groups is 1. The lowest BCUT2D eigenvalue weighted by Crippen LogP contribution is -2.02. The van der Waals surface area contributed by atoms with Crippen LogP contribution in [0, 0.1) is 0 Å². The Hall–Kier alpha value is -5.04. The molecule has 0 saturated heterocycles. The van der Waals surface area contributed by atoms with Crippen LogP contribution < -0.4 is 4.74 Å². The third-order valence-electron chi connectivity index (χ3n) is 6.29. The number of hydrogen-bond donors (Lipinski definition) is 2. The number of imidazole rings is 1. The van der Waals surface area contributed by atoms with Gasteiger partial charge in [-0.05, 0) is 82.9 Å². The summed E-state index contributed by atoms with van der Waals surface area (Å²) >= 11 is 0. The minimum Gasteiger partial charge on any atom is -0.478 e. The maximum atomic E-state index is 11.1. The minimum absolute atomic E-state index is 0.262. The predicted molar refractivity (Wildman–Crippen MR) is 137 cm³/mol. The van der Waals surface area contributed by atoms with E-state index in [1.165, 1.54) is 0 Å². The van der Waals surface area contributed by atoms with Gasteiger partial charge in [0.1, 0.15) is 11.6 Å². The SMILES string of the molecule is O=COc1ccc(-c2nc3ccc(-c4ccc5c(c4)CC(c4ccc(C(=O)O)cc4)=N5)cc3[nH]2)cc1. The topological polar surface area (TPSA) is 105 Å². The van der Waals surface area contributed by atoms with Crippen LogP contribution in [0.2, 0.25) is 0 Å². The van der Waals surface area contributed by atoms with Crippen LogP contribution >= 0.6 is 0 Å². The number of carboxylic acid groups (broad SMARTS) is 1. The summed E-state index contributed by atoms with van der Waals surface area (Å²) in [6, 6.07) is 26.3. The van der Waals surface area contributed by atoms with E-state index in [1.807, 2.05) is 36.4 Å². The Kier molecular flexibility index (Phi) is 5.15. The van der Waals surface area contributed by atoms with Crippen LogP contribution in [-0.2, 0) is 11.2 Å². The number of fused-ring (bicyclic) bond motifs is 2. The first-order chi connectivity index (χ1) is 17.6. The highest BCUT2D eigenvalue weighted by molar-refractivity contribution is 6.07. The Bertz CT molecular complexity index is 1670. The van der Waals surface area contributed by atoms with Crippen molar-refractivity contribution in [2.75, 3.05) is 0 Å². The normalized spacial score (nSPS) is 12.3. The number of nitrogens with zero attached hydrogens (tertiary/aromatic N) is 2. The standard InChI is InChI=1S/C29H19N3O4/c33-16-36-23-9-5-18(6-10-23)28-31-25-12-8-21(14-27(25)32-28)20-7-11-24-22(13-20)15-26(30-24)17-1-3-19(4-2-17)29(34)35/h1-14,16H,15H2,(H,31,32)(H,34,35). The second-order valence-electron chi connectivity index (χ2n) is 8.52. The summed E-state index contributed by atoms with van der Waals surface area (Å²) in [5, 5.41) is 9.12. The Labute approximate surface area is 205 Å². The number of aromatic amines is 1. The van der Waals surface area contributed by atoms with Crippen molar-refractivity contribution in [2.45, 2.75) is 6.42 Å². The van der Waals surface area contributed by atoms with Gasteiger partial charge >= 0.3 is 5.97 Å². The van der Waals surface area contributed by atoms with Crippen LogP contribution in [0.5, 0.6) is 5.75 Å². The van der Waals surface area contributed by atoms with Crippen LogP contribution in [0.1, 0.15) is 21.5 Å². The fourth-order valence-corrected chi connectivity index (χ4v) is 4.43. The van der Waals surface area contributed by atoms with E-state index < -0.39 is 5.97 Å². The molecule has 7 heteroatoms. The molecule has 1 aliphatic rings. The Morgan fingerprint density at radius 2 is 1.56 bits per heavy atom. The molecule has 0 fully saturated rings. The molecule has 174 valence electrons. The average molecular weight is 473 g/mol. The summed E-state index contributed by atoms with van der Waals surface area (Å²) < 4.78 is 4.86. The molecule has 4 aromatic carbocycles. The summed E-state index contributed by atoms with van der Waals surface area (Å²) in [6.45, 7) is 0.405. The van der Waals surface area contributed by atoms with Crippen LogP contribution in [0.4, 0.5) is 5.69 Å². The summed E-state index contributed by atoms with van der Waals surface area (Å²) in [7, 11) is 0. The number of carbonyl (C=O) groups excluding carboxylic acids is 1. The molecule has 36 heavy (non-hydrogen) atoms. The van der Waals surface area contributed by atoms with E-state index >= 15 is 0 Å². The first-order valence-corrected chi connectivity index (χ1v) is 11.3. The van der Waals surface area contributed by atoms with E-state index in [0.29, 0.717) is 18.6 Å². The van der Waals surface area contributed by atoms with Gasteiger partial charge in [-0.15, -0.1) is 0 Å². The monoisotopic (exact) mass is 473 g/mol. The number of aromatic nitrogens is 2. The van der Waals surface area contributed by atoms with Gasteiger partial charge in [-0.1, -0.05) is 24.3 Å². The van der Waals surface area contributed by atoms with Crippen molar-refractivity contribution in [2.24, 2.45) is 4.99 Å². The van der Waals surface area contributed by atoms with E-state index in [9.17, 15) is 9.59 Å². The molecule has 6 rings (SSSR count). The number of ether oxygens (including phenoxy) is 1. The molecule has 7 nitrogen and oxygen atoms in total. The predicted octanol–water partition coefficient (Wildman–Crippen LogP) is 5.81. The highest BCUT2D eigenvalue weighted by atomic mass is 16.5. The maximum absolute atomic E-state index is 11.1. The van der Waals surface area contributed by atoms with Crippen molar-refractivity contribution >= 4 is 34.9 Å². The van der Waals surface area contributed by atoms with Crippen molar-refractivity contribution < 1.29 is 19.4 Å². The number of hydrogen-bond acceptors (Lipinski definition) is 5. The van der Waals surface area contributed by atoms with E-state index in [-0.39, 0.29) is 5.56 Å². The van der Waals surface area contributed by atoms with Gasteiger partial charge in [-0.3, -0.25) is 9.79 Å². The third kappa shape index (κ3) is 3.92. The number of benzene rings is 4. The molecule has 0 atom stereocenters. The molecule has 5 aromatic rings. The van der Waals surface area contributed by atoms with Crippen LogP contribution in [-0.4, -0.2) is 33.2 Å². The number of rotatable bonds is 6. The molecular weight excluding hydrogens is 454 g/mol. The van der Waals surface area contributed by atoms with Crippen molar-refractivity contribution in [3.05, 3.63) is 102 Å². The molecule has 0 saturated carbocycles. The molecule has 0 radical (unpaired) electrons. The van der Waals surface area contributed by atoms with Crippen LogP contribution in [0.15, 0.2) is 89.9 Å². The molecule has 1 aromatic heterocycles. The second-order valence-corrected chi connectivity index (χ2v) is 8.52. The lowest BCUT2D eigenvalue weighted by molar-refractivity contribution is -0.120. The number of nitrogens with one attached hydrogen (secondary N) is 1. The fraction of sp³-hybridized carbons (Fsp3) is 0.0345. The van der Waals surface area contributed by atoms with E-state index in [0.717, 1.165) is 56.1 Å². The minimum atomic E-state index is -0.939. The van der Waals surface area contributed by atoms with Gasteiger partial charge in [0.15, 0.2) is 0 Å². The van der Waals surface area contributed by atoms with Gasteiger partial charge in [0.05, 0.1) is 28.0 Å². The van der Waals surface area contributed by atoms with Crippen molar-refractivity contribution in [1.29, 1.82) is 0 Å². The molecule has 0 unspecified atom stereocenters. The van der Waals surface area contributed by atoms with Gasteiger partial charge < -0.3 is 14.8 Å². The second kappa shape index (κ2) is 8.63. The van der Waals surface area contributed by atoms with Crippen LogP contribution in [0.3, 0.4) is 0 Å². The van der Waals surface area contributed by atoms with Crippen molar-refractivity contribution in [3.8, 4) is 28.3 Å². The highest BCUT2D eigenvalue weighted by Crippen LogP contribution is 2.34. The molecular formula is C29H19N3O4. The summed E-state index contributed by atoms with van der Waals surface area (Å²) in [5.41, 5.74) is 9.01. The quantitative estimate of drug-likeness (QED) is 0.303. The largest absolute Gasteiger partial charge is 0.478 e. The smallest absolute Gasteiger partial charge is 0.335 e. The zero-order chi connectivity index (χ0) is 24.6. The molecule has 1 aliphatic heterocycles. The van der Waals surface area contributed by atoms with Crippen molar-refractivity contribution in [1.82, 2.24) is 9.97 Å². The number of carboxylic acids is 1. The number of aromatic carboxylic acids is 1. The first-order valence-electron chi connectivity index (χ1n) is 11.3. The lowest BCUT2D eigenvalue weighted by atomic mass is 9.98. The van der Waals surface area contributed by atoms with Gasteiger partial charge in [-0.25, -0.2) is 9.78 Å². The zero-order valence-electron chi connectivity index (χ0n) is 18.9. The molecule has 0 spiro atoms. The van der Waals surface area contributed by atoms with Gasteiger partial charge in [0.25, 0.3) is 6.47 Å². The Balaban J connectivity index is 1.25. The van der Waals surface area contributed by atoms with Crippen molar-refractivity contribution in [3.63, 3.8) is 0 Å². The molecule has 2 heterocycles. The van der Waals surface area contributed by atoms with E-state index in [2.05, 4.69) is 29.2 Å². The summed E-state index contributed by atoms with van der Waals surface area (Å²) in [5.74, 6) is 0.278. The summed E-state index contributed by atoms with van der Waals surface area (Å²) in [4.78, 5) is 34.5. The molecule has 0 amide bonds. The average Bonchev–Trinajstić information content (AvgIpc) is 3.53. The van der Waals surface area contributed by atoms with E-state index in [1.54, 1.807) is 24.3 Å². The molecule has 0 aliphatic carbocycles. The number of carbonyl (C=O) groups is 2. The molecule has 2 N–H and O–H groups in total. The third-order valence-corrected chi connectivity index (χ3v) is 6.29. The van der Waals surface area contributed by atoms with Gasteiger partial charge in [0, 0.05) is 12.0 Å². The first kappa shape index (κ1) is 21.5. The van der Waals surface area contributed by atoms with Crippen LogP contribution in [0.25, 0.3) is 33.5 Å². The number of H-pyrrole nitrogens is 1. The van der Waals surface area contributed by atoms with E-state index in [4.69, 9.17) is 19.8 Å². The Morgan fingerprint density at radius 3 is 2.31 bits per heavy atom. The highest BCUT2D eigenvalue weighted by Gasteiger charge is 2.18. The fourth-order valence-electron chi connectivity index (χ4n) is 4.43. The zero-order valence-corrected chi connectivity index (χ0v) is 18.9. The summed E-state index contributed by atoms with van der Waals surface area (Å²) in [6.07, 6.45) is 0.690. The molecule has 0 bridgehead atoms. The van der Waals surface area contributed by atoms with Gasteiger partial charge in [-0.2, -0.15) is 0 Å². The van der Waals surface area contributed by atoms with Gasteiger partial charge in [0.2, 0.25) is 0 Å². The Morgan fingerprint density at radius 1 is 0.861 bits per heavy atom.